The van der Waals surface area contributed by atoms with E-state index in [1.54, 1.807) is 54.9 Å². The lowest BCUT2D eigenvalue weighted by Gasteiger charge is -2.65. The fraction of sp³-hybridized carbons (Fsp3) is 0.478. The number of allylic oxidation sites excluding steroid dienone is 4. The lowest BCUT2D eigenvalue weighted by atomic mass is 9.39. The predicted molar refractivity (Wildman–Crippen MR) is 219 cm³/mol. The summed E-state index contributed by atoms with van der Waals surface area (Å²) in [6, 6.07) is 12.9. The molecule has 1 amide bonds. The summed E-state index contributed by atoms with van der Waals surface area (Å²) in [6.45, 7) is 6.93. The van der Waals surface area contributed by atoms with Crippen LogP contribution in [-0.2, 0) is 40.1 Å². The maximum Gasteiger partial charge on any atom is 0.323 e. The zero-order chi connectivity index (χ0) is 42.5. The summed E-state index contributed by atoms with van der Waals surface area (Å²) in [6.07, 6.45) is 9.22. The number of pyridine rings is 1. The molecule has 0 bridgehead atoms. The molecule has 7 N–H and O–H groups in total. The Morgan fingerprint density at radius 1 is 1.03 bits per heavy atom. The van der Waals surface area contributed by atoms with E-state index in [9.17, 15) is 34.2 Å². The van der Waals surface area contributed by atoms with Crippen molar-refractivity contribution in [2.75, 3.05) is 18.5 Å². The molecule has 3 saturated carbocycles. The van der Waals surface area contributed by atoms with Crippen LogP contribution < -0.4 is 16.8 Å². The third kappa shape index (κ3) is 7.11. The lowest BCUT2D eigenvalue weighted by Crippen LogP contribution is -2.66. The van der Waals surface area contributed by atoms with Gasteiger partial charge in [0.1, 0.15) is 18.2 Å². The van der Waals surface area contributed by atoms with E-state index in [-0.39, 0.29) is 43.1 Å². The van der Waals surface area contributed by atoms with Crippen molar-refractivity contribution < 1.29 is 43.7 Å². The van der Waals surface area contributed by atoms with Crippen LogP contribution in [-0.4, -0.2) is 75.5 Å². The maximum atomic E-state index is 13.9. The SMILES string of the molecule is C[C@@H]1C[C@H]2[C@@H]3CCC4=CC(=O)C=C[C@]4(C)[C@@]3(C)[C@@H](O)C[C@]2(C)[C@@]1(O)C(=O)COC(=O)C[C@H](N)C(=O)OCc1cccc([C@@H](CN)C(=O)Nc2ccc3cnccc3c2)c1. The summed E-state index contributed by atoms with van der Waals surface area (Å²) in [5, 5.41) is 29.0. The van der Waals surface area contributed by atoms with E-state index in [0.29, 0.717) is 36.1 Å². The minimum absolute atomic E-state index is 0.0278. The van der Waals surface area contributed by atoms with Gasteiger partial charge in [0.05, 0.1) is 18.4 Å². The Morgan fingerprint density at radius 2 is 1.81 bits per heavy atom. The molecule has 312 valence electrons. The van der Waals surface area contributed by atoms with Gasteiger partial charge in [-0.2, -0.15) is 0 Å². The maximum absolute atomic E-state index is 13.9. The molecule has 7 rings (SSSR count). The number of nitrogens with zero attached hydrogens (tertiary/aromatic N) is 1. The number of benzene rings is 2. The molecule has 2 aromatic carbocycles. The first-order valence-electron chi connectivity index (χ1n) is 20.4. The molecule has 0 unspecified atom stereocenters. The number of carbonyl (C=O) groups is 5. The number of carbonyl (C=O) groups excluding carboxylic acids is 5. The fourth-order valence-electron chi connectivity index (χ4n) is 11.1. The summed E-state index contributed by atoms with van der Waals surface area (Å²) in [7, 11) is 0. The number of fused-ring (bicyclic) bond motifs is 6. The third-order valence-electron chi connectivity index (χ3n) is 14.7. The van der Waals surface area contributed by atoms with Crippen molar-refractivity contribution in [1.82, 2.24) is 4.98 Å². The Morgan fingerprint density at radius 3 is 2.58 bits per heavy atom. The molecule has 4 aliphatic carbocycles. The lowest BCUT2D eigenvalue weighted by molar-refractivity contribution is -0.209. The van der Waals surface area contributed by atoms with E-state index >= 15 is 0 Å². The van der Waals surface area contributed by atoms with Crippen molar-refractivity contribution >= 4 is 45.9 Å². The Balaban J connectivity index is 0.928. The molecular formula is C46H54N4O9. The highest BCUT2D eigenvalue weighted by Crippen LogP contribution is 2.72. The minimum atomic E-state index is -1.89. The molecule has 1 aromatic heterocycles. The molecule has 13 nitrogen and oxygen atoms in total. The summed E-state index contributed by atoms with van der Waals surface area (Å²) >= 11 is 0. The van der Waals surface area contributed by atoms with Crippen LogP contribution in [0.15, 0.2) is 84.7 Å². The van der Waals surface area contributed by atoms with Crippen molar-refractivity contribution in [3.8, 4) is 0 Å². The van der Waals surface area contributed by atoms with Gasteiger partial charge in [0.15, 0.2) is 12.4 Å². The number of esters is 2. The van der Waals surface area contributed by atoms with Crippen molar-refractivity contribution in [3.05, 3.63) is 95.9 Å². The number of ether oxygens (including phenoxy) is 2. The first-order valence-corrected chi connectivity index (χ1v) is 20.4. The number of aromatic nitrogens is 1. The predicted octanol–water partition coefficient (Wildman–Crippen LogP) is 4.43. The van der Waals surface area contributed by atoms with Gasteiger partial charge in [-0.05, 0) is 90.3 Å². The number of nitrogens with two attached hydrogens (primary N) is 2. The summed E-state index contributed by atoms with van der Waals surface area (Å²) in [5.41, 5.74) is 10.8. The second kappa shape index (κ2) is 15.8. The number of rotatable bonds is 12. The average molecular weight is 807 g/mol. The van der Waals surface area contributed by atoms with Crippen molar-refractivity contribution in [2.24, 2.45) is 45.5 Å². The molecule has 59 heavy (non-hydrogen) atoms. The van der Waals surface area contributed by atoms with E-state index in [1.165, 1.54) is 0 Å². The smallest absolute Gasteiger partial charge is 0.323 e. The summed E-state index contributed by atoms with van der Waals surface area (Å²) in [5.74, 6) is -4.14. The summed E-state index contributed by atoms with van der Waals surface area (Å²) in [4.78, 5) is 69.4. The number of aliphatic hydroxyl groups is 2. The van der Waals surface area contributed by atoms with Crippen molar-refractivity contribution in [2.45, 2.75) is 90.1 Å². The zero-order valence-electron chi connectivity index (χ0n) is 34.0. The van der Waals surface area contributed by atoms with Crippen LogP contribution >= 0.6 is 0 Å². The molecule has 1 heterocycles. The van der Waals surface area contributed by atoms with Crippen molar-refractivity contribution in [3.63, 3.8) is 0 Å². The molecule has 3 fully saturated rings. The molecule has 0 radical (unpaired) electrons. The monoisotopic (exact) mass is 806 g/mol. The molecule has 0 aliphatic heterocycles. The second-order valence-corrected chi connectivity index (χ2v) is 17.6. The molecule has 3 aromatic rings. The number of hydrogen-bond acceptors (Lipinski definition) is 12. The topological polar surface area (TPSA) is 221 Å². The van der Waals surface area contributed by atoms with Crippen LogP contribution in [0.5, 0.6) is 0 Å². The van der Waals surface area contributed by atoms with Gasteiger partial charge in [-0.15, -0.1) is 0 Å². The number of amides is 1. The van der Waals surface area contributed by atoms with Gasteiger partial charge in [0.25, 0.3) is 0 Å². The van der Waals surface area contributed by atoms with E-state index in [2.05, 4.69) is 24.1 Å². The Kier molecular flexibility index (Phi) is 11.3. The van der Waals surface area contributed by atoms with Gasteiger partial charge in [-0.1, -0.05) is 69.7 Å². The van der Waals surface area contributed by atoms with Gasteiger partial charge in [-0.3, -0.25) is 29.0 Å². The Hall–Kier alpha value is -5.08. The number of Topliss-reactive ketones (excluding diaryl/α,β-unsaturated/α-hetero) is 1. The van der Waals surface area contributed by atoms with Crippen LogP contribution in [0.4, 0.5) is 5.69 Å². The highest BCUT2D eigenvalue weighted by atomic mass is 16.5. The van der Waals surface area contributed by atoms with Gasteiger partial charge in [-0.25, -0.2) is 0 Å². The largest absolute Gasteiger partial charge is 0.460 e. The number of hydrogen-bond donors (Lipinski definition) is 5. The normalized spacial score (nSPS) is 31.9. The number of nitrogens with one attached hydrogen (secondary N) is 1. The average Bonchev–Trinajstić information content (AvgIpc) is 3.41. The quantitative estimate of drug-likeness (QED) is 0.161. The first-order chi connectivity index (χ1) is 28.0. The molecule has 10 atom stereocenters. The second-order valence-electron chi connectivity index (χ2n) is 17.6. The highest BCUT2D eigenvalue weighted by Gasteiger charge is 2.73. The van der Waals surface area contributed by atoms with E-state index in [0.717, 1.165) is 16.3 Å². The zero-order valence-corrected chi connectivity index (χ0v) is 34.0. The molecule has 13 heteroatoms. The Bertz CT molecular complexity index is 2260. The minimum Gasteiger partial charge on any atom is -0.460 e. The summed E-state index contributed by atoms with van der Waals surface area (Å²) < 4.78 is 10.7. The highest BCUT2D eigenvalue weighted by molar-refractivity contribution is 6.01. The van der Waals surface area contributed by atoms with Gasteiger partial charge in [0.2, 0.25) is 11.7 Å². The van der Waals surface area contributed by atoms with Gasteiger partial charge >= 0.3 is 11.9 Å². The number of anilines is 1. The Labute approximate surface area is 343 Å². The van der Waals surface area contributed by atoms with E-state index in [1.807, 2.05) is 38.1 Å². The fourth-order valence-corrected chi connectivity index (χ4v) is 11.1. The molecule has 0 spiro atoms. The first kappa shape index (κ1) is 42.1. The van der Waals surface area contributed by atoms with Gasteiger partial charge in [0, 0.05) is 46.3 Å². The van der Waals surface area contributed by atoms with Crippen LogP contribution in [0.1, 0.15) is 76.8 Å². The molecular weight excluding hydrogens is 753 g/mol. The van der Waals surface area contributed by atoms with Crippen molar-refractivity contribution in [1.29, 1.82) is 0 Å². The van der Waals surface area contributed by atoms with Crippen LogP contribution in [0.25, 0.3) is 10.8 Å². The van der Waals surface area contributed by atoms with Crippen LogP contribution in [0.2, 0.25) is 0 Å². The van der Waals surface area contributed by atoms with Crippen LogP contribution in [0, 0.1) is 34.0 Å². The van der Waals surface area contributed by atoms with E-state index < -0.39 is 76.6 Å². The third-order valence-corrected chi connectivity index (χ3v) is 14.7. The van der Waals surface area contributed by atoms with Gasteiger partial charge < -0.3 is 36.5 Å². The van der Waals surface area contributed by atoms with E-state index in [4.69, 9.17) is 20.9 Å². The standard InChI is InChI=1S/C46H54N4O9/c1-26-16-36-35-11-9-31-19-33(51)12-14-43(31,2)45(35,4)38(52)21-44(36,3)46(26,57)39(53)25-58-40(54)20-37(48)42(56)59-24-27-6-5-7-29(17-27)34(22-47)41(55)50-32-10-8-30-23-49-15-13-28(30)18-32/h5-8,10,12-15,17-19,23,26,34-38,52,57H,9,11,16,20-22,24-25,47-48H2,1-4H3,(H,50,55)/t26-,34-,35+,36+,37+,38+,43+,44+,45-,46+/m1/s1. The van der Waals surface area contributed by atoms with Crippen LogP contribution in [0.3, 0.4) is 0 Å². The molecule has 4 aliphatic rings. The number of aliphatic hydroxyl groups excluding tert-OH is 1. The number of ketones is 2. The molecule has 0 saturated heterocycles.